The normalized spacial score (nSPS) is 17.5. The maximum atomic E-state index is 11.1. The van der Waals surface area contributed by atoms with Gasteiger partial charge < -0.3 is 9.47 Å². The lowest BCUT2D eigenvalue weighted by Gasteiger charge is -2.26. The molecular formula is C13H13N3O3. The third kappa shape index (κ3) is 3.22. The molecule has 0 aliphatic carbocycles. The Labute approximate surface area is 110 Å². The SMILES string of the molecule is C/C(=N/NC(=O)CC#N)[C@H]1COc2ccccc2O1. The van der Waals surface area contributed by atoms with Crippen LogP contribution in [-0.4, -0.2) is 24.3 Å². The van der Waals surface area contributed by atoms with Gasteiger partial charge in [0.15, 0.2) is 17.6 Å². The number of benzene rings is 1. The molecule has 0 spiro atoms. The third-order valence-electron chi connectivity index (χ3n) is 2.57. The Kier molecular flexibility index (Phi) is 3.98. The summed E-state index contributed by atoms with van der Waals surface area (Å²) in [6.45, 7) is 2.06. The van der Waals surface area contributed by atoms with Gasteiger partial charge in [0, 0.05) is 0 Å². The number of carbonyl (C=O) groups is 1. The molecular weight excluding hydrogens is 246 g/mol. The fourth-order valence-electron chi connectivity index (χ4n) is 1.56. The molecule has 0 radical (unpaired) electrons. The van der Waals surface area contributed by atoms with Gasteiger partial charge in [-0.05, 0) is 19.1 Å². The summed E-state index contributed by atoms with van der Waals surface area (Å²) in [4.78, 5) is 11.1. The van der Waals surface area contributed by atoms with Crippen LogP contribution < -0.4 is 14.9 Å². The molecule has 0 fully saturated rings. The molecule has 2 rings (SSSR count). The Morgan fingerprint density at radius 3 is 3.00 bits per heavy atom. The molecule has 1 aliphatic rings. The van der Waals surface area contributed by atoms with Crippen molar-refractivity contribution >= 4 is 11.6 Å². The van der Waals surface area contributed by atoms with E-state index in [0.717, 1.165) is 0 Å². The predicted octanol–water partition coefficient (Wildman–Crippen LogP) is 1.23. The first-order valence-corrected chi connectivity index (χ1v) is 5.79. The zero-order valence-electron chi connectivity index (χ0n) is 10.4. The van der Waals surface area contributed by atoms with Crippen molar-refractivity contribution in [1.82, 2.24) is 5.43 Å². The fourth-order valence-corrected chi connectivity index (χ4v) is 1.56. The molecule has 19 heavy (non-hydrogen) atoms. The molecule has 0 unspecified atom stereocenters. The Bertz CT molecular complexity index is 548. The Balaban J connectivity index is 1.99. The molecule has 1 aromatic rings. The van der Waals surface area contributed by atoms with Crippen LogP contribution in [0.4, 0.5) is 0 Å². The Hall–Kier alpha value is -2.55. The van der Waals surface area contributed by atoms with Crippen molar-refractivity contribution in [2.75, 3.05) is 6.61 Å². The number of amides is 1. The number of hydrogen-bond acceptors (Lipinski definition) is 5. The third-order valence-corrected chi connectivity index (χ3v) is 2.57. The molecule has 98 valence electrons. The highest BCUT2D eigenvalue weighted by Gasteiger charge is 2.23. The van der Waals surface area contributed by atoms with E-state index in [4.69, 9.17) is 14.7 Å². The maximum Gasteiger partial charge on any atom is 0.254 e. The molecule has 1 aliphatic heterocycles. The van der Waals surface area contributed by atoms with Crippen molar-refractivity contribution in [3.8, 4) is 17.6 Å². The molecule has 0 aromatic heterocycles. The van der Waals surface area contributed by atoms with E-state index in [1.165, 1.54) is 0 Å². The first-order valence-electron chi connectivity index (χ1n) is 5.79. The van der Waals surface area contributed by atoms with Crippen LogP contribution in [0.25, 0.3) is 0 Å². The molecule has 0 saturated carbocycles. The summed E-state index contributed by atoms with van der Waals surface area (Å²) in [5.74, 6) is 0.899. The highest BCUT2D eigenvalue weighted by atomic mass is 16.6. The number of fused-ring (bicyclic) bond motifs is 1. The van der Waals surface area contributed by atoms with Gasteiger partial charge in [-0.1, -0.05) is 12.1 Å². The standard InChI is InChI=1S/C13H13N3O3/c1-9(15-16-13(17)6-7-14)12-8-18-10-4-2-3-5-11(10)19-12/h2-5,12H,6,8H2,1H3,(H,16,17)/b15-9-/t12-/m1/s1. The summed E-state index contributed by atoms with van der Waals surface area (Å²) in [5.41, 5.74) is 2.88. The number of nitrogens with one attached hydrogen (secondary N) is 1. The maximum absolute atomic E-state index is 11.1. The minimum Gasteiger partial charge on any atom is -0.485 e. The topological polar surface area (TPSA) is 83.7 Å². The minimum atomic E-state index is -0.445. The van der Waals surface area contributed by atoms with Crippen LogP contribution in [0.2, 0.25) is 0 Å². The number of nitriles is 1. The smallest absolute Gasteiger partial charge is 0.254 e. The number of carbonyl (C=O) groups excluding carboxylic acids is 1. The first kappa shape index (κ1) is 12.9. The molecule has 1 amide bonds. The lowest BCUT2D eigenvalue weighted by Crippen LogP contribution is -2.36. The van der Waals surface area contributed by atoms with E-state index in [-0.39, 0.29) is 12.5 Å². The number of rotatable bonds is 3. The number of para-hydroxylation sites is 2. The lowest BCUT2D eigenvalue weighted by atomic mass is 10.2. The Morgan fingerprint density at radius 1 is 1.53 bits per heavy atom. The number of hydrazone groups is 1. The van der Waals surface area contributed by atoms with Crippen molar-refractivity contribution in [3.05, 3.63) is 24.3 Å². The second-order valence-corrected chi connectivity index (χ2v) is 3.99. The van der Waals surface area contributed by atoms with Gasteiger partial charge in [-0.3, -0.25) is 4.79 Å². The van der Waals surface area contributed by atoms with Gasteiger partial charge in [0.1, 0.15) is 13.0 Å². The van der Waals surface area contributed by atoms with Crippen molar-refractivity contribution in [2.24, 2.45) is 5.10 Å². The predicted molar refractivity (Wildman–Crippen MR) is 67.8 cm³/mol. The van der Waals surface area contributed by atoms with Crippen LogP contribution >= 0.6 is 0 Å². The van der Waals surface area contributed by atoms with Crippen molar-refractivity contribution in [1.29, 1.82) is 5.26 Å². The van der Waals surface area contributed by atoms with Gasteiger partial charge in [-0.2, -0.15) is 10.4 Å². The van der Waals surface area contributed by atoms with Crippen LogP contribution in [0.3, 0.4) is 0 Å². The minimum absolute atomic E-state index is 0.221. The van der Waals surface area contributed by atoms with E-state index >= 15 is 0 Å². The van der Waals surface area contributed by atoms with E-state index in [9.17, 15) is 4.79 Å². The molecule has 1 aromatic carbocycles. The van der Waals surface area contributed by atoms with E-state index < -0.39 is 5.91 Å². The average Bonchev–Trinajstić information content (AvgIpc) is 2.44. The van der Waals surface area contributed by atoms with Crippen molar-refractivity contribution < 1.29 is 14.3 Å². The lowest BCUT2D eigenvalue weighted by molar-refractivity contribution is -0.120. The first-order chi connectivity index (χ1) is 9.20. The summed E-state index contributed by atoms with van der Waals surface area (Å²) >= 11 is 0. The van der Waals surface area contributed by atoms with Gasteiger partial charge in [-0.15, -0.1) is 0 Å². The number of ether oxygens (including phenoxy) is 2. The fraction of sp³-hybridized carbons (Fsp3) is 0.308. The molecule has 1 atom stereocenters. The van der Waals surface area contributed by atoms with Crippen LogP contribution in [0, 0.1) is 11.3 Å². The molecule has 6 heteroatoms. The summed E-state index contributed by atoms with van der Waals surface area (Å²) in [6, 6.07) is 9.10. The van der Waals surface area contributed by atoms with Gasteiger partial charge in [0.25, 0.3) is 5.91 Å². The second-order valence-electron chi connectivity index (χ2n) is 3.99. The zero-order chi connectivity index (χ0) is 13.7. The highest BCUT2D eigenvalue weighted by Crippen LogP contribution is 2.31. The quantitative estimate of drug-likeness (QED) is 0.653. The van der Waals surface area contributed by atoms with Gasteiger partial charge in [0.2, 0.25) is 0 Å². The summed E-state index contributed by atoms with van der Waals surface area (Å²) in [6.07, 6.45) is -0.570. The molecule has 6 nitrogen and oxygen atoms in total. The van der Waals surface area contributed by atoms with Crippen molar-refractivity contribution in [3.63, 3.8) is 0 Å². The molecule has 0 saturated heterocycles. The number of nitrogens with zero attached hydrogens (tertiary/aromatic N) is 2. The largest absolute Gasteiger partial charge is 0.485 e. The molecule has 1 heterocycles. The van der Waals surface area contributed by atoms with Gasteiger partial charge in [-0.25, -0.2) is 5.43 Å². The number of hydrogen-bond donors (Lipinski definition) is 1. The van der Waals surface area contributed by atoms with Crippen LogP contribution in [0.15, 0.2) is 29.4 Å². The van der Waals surface area contributed by atoms with Gasteiger partial charge >= 0.3 is 0 Å². The molecule has 1 N–H and O–H groups in total. The highest BCUT2D eigenvalue weighted by molar-refractivity contribution is 5.88. The summed E-state index contributed by atoms with van der Waals surface area (Å²) < 4.78 is 11.3. The van der Waals surface area contributed by atoms with E-state index in [0.29, 0.717) is 23.8 Å². The monoisotopic (exact) mass is 259 g/mol. The van der Waals surface area contributed by atoms with Crippen LogP contribution in [0.5, 0.6) is 11.5 Å². The van der Waals surface area contributed by atoms with E-state index in [1.807, 2.05) is 24.3 Å². The zero-order valence-corrected chi connectivity index (χ0v) is 10.4. The van der Waals surface area contributed by atoms with Crippen LogP contribution in [0.1, 0.15) is 13.3 Å². The van der Waals surface area contributed by atoms with E-state index in [1.54, 1.807) is 13.0 Å². The second kappa shape index (κ2) is 5.87. The van der Waals surface area contributed by atoms with Gasteiger partial charge in [0.05, 0.1) is 11.8 Å². The summed E-state index contributed by atoms with van der Waals surface area (Å²) in [7, 11) is 0. The van der Waals surface area contributed by atoms with E-state index in [2.05, 4.69) is 10.5 Å². The molecule has 0 bridgehead atoms. The average molecular weight is 259 g/mol. The Morgan fingerprint density at radius 2 is 2.26 bits per heavy atom. The van der Waals surface area contributed by atoms with Crippen molar-refractivity contribution in [2.45, 2.75) is 19.4 Å². The summed E-state index contributed by atoms with van der Waals surface area (Å²) in [5, 5.41) is 12.3. The van der Waals surface area contributed by atoms with Crippen LogP contribution in [-0.2, 0) is 4.79 Å².